The standard InChI is InChI=1S/C65H52N2/c1-64(2)54-20-11-9-18-49(54)50-31-28-48(39-57(50)64)66(46-14-5-3-6-15-46)58-32-26-42-25-30-53-59(33-27-43-24-29-52(58)61(42)62(43)53)67(47-16-7-4-8-17-47)60-23-13-22-56-63(60)51-19-10-12-21-55(51)65(56)44-35-40-34-41(37-44)38-45(65)36-40/h3-33,39-41,44-45H,34-38H2,1-2H3. The number of anilines is 6. The maximum absolute atomic E-state index is 2.61. The number of nitrogens with zero attached hydrogens (tertiary/aromatic N) is 2. The van der Waals surface area contributed by atoms with E-state index < -0.39 is 0 Å². The van der Waals surface area contributed by atoms with Crippen LogP contribution in [0.25, 0.3) is 54.6 Å². The van der Waals surface area contributed by atoms with Crippen LogP contribution in [0.2, 0.25) is 0 Å². The summed E-state index contributed by atoms with van der Waals surface area (Å²) >= 11 is 0. The summed E-state index contributed by atoms with van der Waals surface area (Å²) < 4.78 is 0. The van der Waals surface area contributed by atoms with E-state index in [0.717, 1.165) is 17.5 Å². The number of hydrogen-bond acceptors (Lipinski definition) is 2. The summed E-state index contributed by atoms with van der Waals surface area (Å²) in [5.74, 6) is 3.24. The normalized spacial score (nSPS) is 22.4. The molecule has 0 heterocycles. The zero-order valence-corrected chi connectivity index (χ0v) is 38.2. The Balaban J connectivity index is 0.948. The molecule has 0 amide bonds. The number of hydrogen-bond donors (Lipinski definition) is 0. The maximum atomic E-state index is 2.61. The first-order valence-corrected chi connectivity index (χ1v) is 24.9. The van der Waals surface area contributed by atoms with Gasteiger partial charge in [-0.1, -0.05) is 153 Å². The highest BCUT2D eigenvalue weighted by Crippen LogP contribution is 2.70. The summed E-state index contributed by atoms with van der Waals surface area (Å²) in [6, 6.07) is 74.2. The summed E-state index contributed by atoms with van der Waals surface area (Å²) in [5.41, 5.74) is 18.7. The smallest absolute Gasteiger partial charge is 0.0543 e. The van der Waals surface area contributed by atoms with Crippen molar-refractivity contribution in [2.75, 3.05) is 9.80 Å². The lowest BCUT2D eigenvalue weighted by Gasteiger charge is -2.61. The van der Waals surface area contributed by atoms with Crippen LogP contribution < -0.4 is 9.80 Å². The Labute approximate surface area is 393 Å². The van der Waals surface area contributed by atoms with Crippen molar-refractivity contribution in [3.63, 3.8) is 0 Å². The highest BCUT2D eigenvalue weighted by atomic mass is 15.2. The lowest BCUT2D eigenvalue weighted by molar-refractivity contribution is -0.0399. The Morgan fingerprint density at radius 3 is 1.55 bits per heavy atom. The van der Waals surface area contributed by atoms with Crippen LogP contribution in [0.15, 0.2) is 194 Å². The molecule has 4 fully saturated rings. The van der Waals surface area contributed by atoms with Gasteiger partial charge in [-0.2, -0.15) is 0 Å². The quantitative estimate of drug-likeness (QED) is 0.154. The third-order valence-corrected chi connectivity index (χ3v) is 17.8. The van der Waals surface area contributed by atoms with Crippen LogP contribution in [0.1, 0.15) is 68.2 Å². The third-order valence-electron chi connectivity index (χ3n) is 17.8. The van der Waals surface area contributed by atoms with Gasteiger partial charge in [-0.15, -0.1) is 0 Å². The monoisotopic (exact) mass is 860 g/mol. The molecule has 6 aliphatic carbocycles. The predicted octanol–water partition coefficient (Wildman–Crippen LogP) is 17.6. The second-order valence-corrected chi connectivity index (χ2v) is 21.3. The summed E-state index contributed by atoms with van der Waals surface area (Å²) in [7, 11) is 0. The molecule has 16 rings (SSSR count). The second kappa shape index (κ2) is 13.7. The van der Waals surface area contributed by atoms with Gasteiger partial charge in [0, 0.05) is 44.2 Å². The van der Waals surface area contributed by atoms with Crippen molar-refractivity contribution in [2.24, 2.45) is 23.7 Å². The molecule has 2 heteroatoms. The van der Waals surface area contributed by atoms with Gasteiger partial charge in [0.05, 0.1) is 17.1 Å². The van der Waals surface area contributed by atoms with E-state index in [1.54, 1.807) is 11.1 Å². The van der Waals surface area contributed by atoms with Crippen LogP contribution in [0.3, 0.4) is 0 Å². The lowest BCUT2D eigenvalue weighted by Crippen LogP contribution is -2.55. The molecule has 322 valence electrons. The molecule has 67 heavy (non-hydrogen) atoms. The molecule has 0 saturated heterocycles. The van der Waals surface area contributed by atoms with E-state index in [1.807, 2.05) is 0 Å². The highest BCUT2D eigenvalue weighted by Gasteiger charge is 2.62. The van der Waals surface area contributed by atoms with Gasteiger partial charge in [0.25, 0.3) is 0 Å². The van der Waals surface area contributed by atoms with Crippen molar-refractivity contribution >= 4 is 66.4 Å². The highest BCUT2D eigenvalue weighted by molar-refractivity contribution is 6.28. The summed E-state index contributed by atoms with van der Waals surface area (Å²) in [4.78, 5) is 5.10. The van der Waals surface area contributed by atoms with E-state index in [2.05, 4.69) is 218 Å². The number of para-hydroxylation sites is 2. The van der Waals surface area contributed by atoms with Crippen LogP contribution >= 0.6 is 0 Å². The fraction of sp³-hybridized carbons (Fsp3) is 0.200. The van der Waals surface area contributed by atoms with Gasteiger partial charge in [-0.3, -0.25) is 0 Å². The van der Waals surface area contributed by atoms with Gasteiger partial charge in [-0.25, -0.2) is 0 Å². The molecule has 0 atom stereocenters. The SMILES string of the molecule is CC1(C)c2ccccc2-c2ccc(N(c3ccccc3)c3ccc4ccc5c(N(c6ccccc6)c6cccc7c6-c6ccccc6C76C7CC8CC(C7)CC6C8)ccc6ccc3c4c65)cc21. The van der Waals surface area contributed by atoms with Crippen LogP contribution in [-0.4, -0.2) is 0 Å². The minimum atomic E-state index is -0.106. The fourth-order valence-electron chi connectivity index (χ4n) is 15.3. The maximum Gasteiger partial charge on any atom is 0.0543 e. The zero-order chi connectivity index (χ0) is 44.2. The number of rotatable bonds is 6. The summed E-state index contributed by atoms with van der Waals surface area (Å²) in [5, 5.41) is 7.68. The van der Waals surface area contributed by atoms with Crippen molar-refractivity contribution in [3.05, 3.63) is 216 Å². The number of benzene rings is 10. The predicted molar refractivity (Wildman–Crippen MR) is 280 cm³/mol. The first kappa shape index (κ1) is 38.0. The molecule has 0 aromatic heterocycles. The molecule has 0 aliphatic heterocycles. The molecular formula is C65H52N2. The summed E-state index contributed by atoms with van der Waals surface area (Å²) in [6.07, 6.45) is 6.98. The Bertz CT molecular complexity index is 3610. The molecule has 0 radical (unpaired) electrons. The first-order chi connectivity index (χ1) is 33.0. The molecule has 6 aliphatic rings. The average Bonchev–Trinajstić information content (AvgIpc) is 3.79. The van der Waals surface area contributed by atoms with Crippen LogP contribution in [-0.2, 0) is 10.8 Å². The molecule has 1 spiro atoms. The van der Waals surface area contributed by atoms with E-state index in [9.17, 15) is 0 Å². The molecule has 4 bridgehead atoms. The Morgan fingerprint density at radius 2 is 0.896 bits per heavy atom. The van der Waals surface area contributed by atoms with Gasteiger partial charge in [0.15, 0.2) is 0 Å². The van der Waals surface area contributed by atoms with Gasteiger partial charge >= 0.3 is 0 Å². The average molecular weight is 861 g/mol. The van der Waals surface area contributed by atoms with Crippen LogP contribution in [0.5, 0.6) is 0 Å². The van der Waals surface area contributed by atoms with Gasteiger partial charge in [-0.05, 0) is 171 Å². The Kier molecular flexibility index (Phi) is 7.77. The van der Waals surface area contributed by atoms with Crippen molar-refractivity contribution in [3.8, 4) is 22.3 Å². The lowest BCUT2D eigenvalue weighted by atomic mass is 9.43. The van der Waals surface area contributed by atoms with E-state index in [1.165, 1.54) is 126 Å². The topological polar surface area (TPSA) is 6.48 Å². The van der Waals surface area contributed by atoms with E-state index in [-0.39, 0.29) is 10.8 Å². The van der Waals surface area contributed by atoms with Crippen molar-refractivity contribution in [2.45, 2.75) is 56.8 Å². The minimum absolute atomic E-state index is 0.0972. The van der Waals surface area contributed by atoms with E-state index >= 15 is 0 Å². The van der Waals surface area contributed by atoms with Crippen molar-refractivity contribution < 1.29 is 0 Å². The molecule has 0 unspecified atom stereocenters. The zero-order valence-electron chi connectivity index (χ0n) is 38.2. The van der Waals surface area contributed by atoms with E-state index in [4.69, 9.17) is 0 Å². The summed E-state index contributed by atoms with van der Waals surface area (Å²) in [6.45, 7) is 4.76. The molecule has 0 N–H and O–H groups in total. The molecular weight excluding hydrogens is 809 g/mol. The third kappa shape index (κ3) is 5.06. The van der Waals surface area contributed by atoms with Gasteiger partial charge in [0.1, 0.15) is 0 Å². The molecule has 10 aromatic carbocycles. The largest absolute Gasteiger partial charge is 0.310 e. The van der Waals surface area contributed by atoms with Crippen molar-refractivity contribution in [1.82, 2.24) is 0 Å². The molecule has 4 saturated carbocycles. The minimum Gasteiger partial charge on any atom is -0.310 e. The van der Waals surface area contributed by atoms with Crippen LogP contribution in [0.4, 0.5) is 34.1 Å². The Hall–Kier alpha value is -7.16. The fourth-order valence-corrected chi connectivity index (χ4v) is 15.3. The van der Waals surface area contributed by atoms with Crippen molar-refractivity contribution in [1.29, 1.82) is 0 Å². The molecule has 10 aromatic rings. The molecule has 2 nitrogen and oxygen atoms in total. The van der Waals surface area contributed by atoms with Gasteiger partial charge in [0.2, 0.25) is 0 Å². The second-order valence-electron chi connectivity index (χ2n) is 21.3. The van der Waals surface area contributed by atoms with E-state index in [0.29, 0.717) is 11.8 Å². The number of fused-ring (bicyclic) bond motifs is 6. The van der Waals surface area contributed by atoms with Crippen LogP contribution in [0, 0.1) is 23.7 Å². The first-order valence-electron chi connectivity index (χ1n) is 24.9. The van der Waals surface area contributed by atoms with Gasteiger partial charge < -0.3 is 9.80 Å². The Morgan fingerprint density at radius 1 is 0.373 bits per heavy atom.